The second kappa shape index (κ2) is 11.0. The molecule has 3 rings (SSSR count). The lowest BCUT2D eigenvalue weighted by atomic mass is 10.0. The van der Waals surface area contributed by atoms with Crippen LogP contribution in [-0.4, -0.2) is 23.9 Å². The molecule has 4 heteroatoms. The normalized spacial score (nSPS) is 12.6. The number of carbonyl (C=O) groups excluding carboxylic acids is 2. The van der Waals surface area contributed by atoms with Gasteiger partial charge in [0.05, 0.1) is 0 Å². The molecule has 0 saturated heterocycles. The second-order valence-corrected chi connectivity index (χ2v) is 7.52. The molecule has 3 aromatic carbocycles. The number of amides is 2. The van der Waals surface area contributed by atoms with Crippen molar-refractivity contribution in [2.75, 3.05) is 0 Å². The van der Waals surface area contributed by atoms with E-state index in [1.165, 1.54) is 5.56 Å². The first-order valence-electron chi connectivity index (χ1n) is 10.4. The summed E-state index contributed by atoms with van der Waals surface area (Å²) in [5, 5.41) is 5.98. The number of benzene rings is 3. The molecule has 2 N–H and O–H groups in total. The molecule has 0 aliphatic rings. The van der Waals surface area contributed by atoms with Crippen molar-refractivity contribution in [2.45, 2.75) is 38.3 Å². The second-order valence-electron chi connectivity index (χ2n) is 7.52. The van der Waals surface area contributed by atoms with Crippen LogP contribution >= 0.6 is 0 Å². The highest BCUT2D eigenvalue weighted by Gasteiger charge is 2.23. The smallest absolute Gasteiger partial charge is 0.251 e. The highest BCUT2D eigenvalue weighted by atomic mass is 16.2. The Kier molecular flexibility index (Phi) is 7.78. The lowest BCUT2D eigenvalue weighted by molar-refractivity contribution is -0.123. The van der Waals surface area contributed by atoms with Crippen LogP contribution in [0.3, 0.4) is 0 Å². The largest absolute Gasteiger partial charge is 0.352 e. The van der Waals surface area contributed by atoms with E-state index in [0.29, 0.717) is 12.0 Å². The van der Waals surface area contributed by atoms with Crippen LogP contribution in [0.2, 0.25) is 0 Å². The minimum absolute atomic E-state index is 0.00427. The molecule has 154 valence electrons. The summed E-state index contributed by atoms with van der Waals surface area (Å²) >= 11 is 0. The lowest BCUT2D eigenvalue weighted by Crippen LogP contribution is -2.50. The number of hydrogen-bond acceptors (Lipinski definition) is 2. The van der Waals surface area contributed by atoms with E-state index < -0.39 is 6.04 Å². The van der Waals surface area contributed by atoms with E-state index in [-0.39, 0.29) is 17.9 Å². The molecule has 2 amide bonds. The molecule has 0 spiro atoms. The summed E-state index contributed by atoms with van der Waals surface area (Å²) in [7, 11) is 0. The van der Waals surface area contributed by atoms with E-state index in [2.05, 4.69) is 22.8 Å². The van der Waals surface area contributed by atoms with Crippen LogP contribution in [-0.2, 0) is 17.6 Å². The molecule has 30 heavy (non-hydrogen) atoms. The van der Waals surface area contributed by atoms with Crippen molar-refractivity contribution in [1.82, 2.24) is 10.6 Å². The molecule has 0 fully saturated rings. The Morgan fingerprint density at radius 3 is 1.87 bits per heavy atom. The number of hydrogen-bond donors (Lipinski definition) is 2. The predicted molar refractivity (Wildman–Crippen MR) is 120 cm³/mol. The minimum atomic E-state index is -0.640. The van der Waals surface area contributed by atoms with Crippen LogP contribution in [0.4, 0.5) is 0 Å². The molecule has 0 saturated carbocycles. The Hall–Kier alpha value is -3.40. The standard InChI is InChI=1S/C26H28N2O2/c1-20(17-18-21-11-5-2-6-12-21)27-26(30)24(19-22-13-7-3-8-14-22)28-25(29)23-15-9-4-10-16-23/h2-16,20,24H,17-19H2,1H3,(H,27,30)(H,28,29). The average Bonchev–Trinajstić information content (AvgIpc) is 2.79. The van der Waals surface area contributed by atoms with Gasteiger partial charge in [-0.2, -0.15) is 0 Å². The Morgan fingerprint density at radius 1 is 0.733 bits per heavy atom. The van der Waals surface area contributed by atoms with Gasteiger partial charge in [-0.15, -0.1) is 0 Å². The molecule has 0 heterocycles. The minimum Gasteiger partial charge on any atom is -0.352 e. The first-order chi connectivity index (χ1) is 14.6. The average molecular weight is 401 g/mol. The van der Waals surface area contributed by atoms with Crippen molar-refractivity contribution < 1.29 is 9.59 Å². The van der Waals surface area contributed by atoms with Gasteiger partial charge in [0.2, 0.25) is 5.91 Å². The zero-order valence-electron chi connectivity index (χ0n) is 17.3. The van der Waals surface area contributed by atoms with Gasteiger partial charge in [-0.05, 0) is 43.0 Å². The molecule has 0 aliphatic heterocycles. The SMILES string of the molecule is CC(CCc1ccccc1)NC(=O)C(Cc1ccccc1)NC(=O)c1ccccc1. The van der Waals surface area contributed by atoms with E-state index in [1.807, 2.05) is 73.7 Å². The number of carbonyl (C=O) groups is 2. The molecule has 0 radical (unpaired) electrons. The van der Waals surface area contributed by atoms with Gasteiger partial charge < -0.3 is 10.6 Å². The summed E-state index contributed by atoms with van der Waals surface area (Å²) in [6, 6.07) is 28.3. The molecule has 0 bridgehead atoms. The Balaban J connectivity index is 1.63. The van der Waals surface area contributed by atoms with Gasteiger partial charge in [0.25, 0.3) is 5.91 Å². The molecular formula is C26H28N2O2. The van der Waals surface area contributed by atoms with E-state index in [1.54, 1.807) is 12.1 Å². The van der Waals surface area contributed by atoms with Crippen LogP contribution < -0.4 is 10.6 Å². The first-order valence-corrected chi connectivity index (χ1v) is 10.4. The van der Waals surface area contributed by atoms with E-state index in [9.17, 15) is 9.59 Å². The van der Waals surface area contributed by atoms with Crippen molar-refractivity contribution in [3.05, 3.63) is 108 Å². The molecule has 0 aromatic heterocycles. The fourth-order valence-electron chi connectivity index (χ4n) is 3.33. The van der Waals surface area contributed by atoms with Crippen molar-refractivity contribution in [1.29, 1.82) is 0 Å². The van der Waals surface area contributed by atoms with Gasteiger partial charge in [-0.25, -0.2) is 0 Å². The lowest BCUT2D eigenvalue weighted by Gasteiger charge is -2.22. The molecule has 2 atom stereocenters. The number of aryl methyl sites for hydroxylation is 1. The molecule has 4 nitrogen and oxygen atoms in total. The topological polar surface area (TPSA) is 58.2 Å². The van der Waals surface area contributed by atoms with Crippen molar-refractivity contribution in [3.8, 4) is 0 Å². The quantitative estimate of drug-likeness (QED) is 0.566. The van der Waals surface area contributed by atoms with Crippen LogP contribution in [0.5, 0.6) is 0 Å². The first kappa shape index (κ1) is 21.3. The summed E-state index contributed by atoms with van der Waals surface area (Å²) in [6.07, 6.45) is 2.17. The predicted octanol–water partition coefficient (Wildman–Crippen LogP) is 4.17. The van der Waals surface area contributed by atoms with Crippen LogP contribution in [0.1, 0.15) is 34.8 Å². The van der Waals surface area contributed by atoms with Crippen molar-refractivity contribution in [2.24, 2.45) is 0 Å². The van der Waals surface area contributed by atoms with Gasteiger partial charge in [0.1, 0.15) is 6.04 Å². The molecule has 3 aromatic rings. The molecule has 2 unspecified atom stereocenters. The summed E-state index contributed by atoms with van der Waals surface area (Å²) in [5.74, 6) is -0.410. The molecule has 0 aliphatic carbocycles. The summed E-state index contributed by atoms with van der Waals surface area (Å²) in [6.45, 7) is 2.00. The van der Waals surface area contributed by atoms with Crippen LogP contribution in [0, 0.1) is 0 Å². The van der Waals surface area contributed by atoms with Crippen LogP contribution in [0.15, 0.2) is 91.0 Å². The zero-order valence-corrected chi connectivity index (χ0v) is 17.3. The van der Waals surface area contributed by atoms with E-state index in [4.69, 9.17) is 0 Å². The summed E-state index contributed by atoms with van der Waals surface area (Å²) in [4.78, 5) is 25.7. The monoisotopic (exact) mass is 400 g/mol. The van der Waals surface area contributed by atoms with E-state index in [0.717, 1.165) is 18.4 Å². The zero-order chi connectivity index (χ0) is 21.2. The van der Waals surface area contributed by atoms with Gasteiger partial charge in [-0.3, -0.25) is 9.59 Å². The Morgan fingerprint density at radius 2 is 1.27 bits per heavy atom. The Bertz CT molecular complexity index is 927. The third kappa shape index (κ3) is 6.59. The fraction of sp³-hybridized carbons (Fsp3) is 0.231. The highest BCUT2D eigenvalue weighted by molar-refractivity contribution is 5.97. The third-order valence-corrected chi connectivity index (χ3v) is 5.04. The van der Waals surface area contributed by atoms with Gasteiger partial charge in [-0.1, -0.05) is 78.9 Å². The van der Waals surface area contributed by atoms with Crippen molar-refractivity contribution >= 4 is 11.8 Å². The van der Waals surface area contributed by atoms with Crippen molar-refractivity contribution in [3.63, 3.8) is 0 Å². The molecular weight excluding hydrogens is 372 g/mol. The summed E-state index contributed by atoms with van der Waals surface area (Å²) < 4.78 is 0. The number of nitrogens with one attached hydrogen (secondary N) is 2. The maximum Gasteiger partial charge on any atom is 0.251 e. The van der Waals surface area contributed by atoms with Crippen LogP contribution in [0.25, 0.3) is 0 Å². The van der Waals surface area contributed by atoms with Gasteiger partial charge in [0.15, 0.2) is 0 Å². The van der Waals surface area contributed by atoms with Gasteiger partial charge in [0, 0.05) is 18.0 Å². The fourth-order valence-corrected chi connectivity index (χ4v) is 3.33. The number of rotatable bonds is 9. The third-order valence-electron chi connectivity index (χ3n) is 5.04. The Labute approximate surface area is 178 Å². The van der Waals surface area contributed by atoms with E-state index >= 15 is 0 Å². The maximum atomic E-state index is 13.0. The van der Waals surface area contributed by atoms with Gasteiger partial charge >= 0.3 is 0 Å². The summed E-state index contributed by atoms with van der Waals surface area (Å²) in [5.41, 5.74) is 2.79. The maximum absolute atomic E-state index is 13.0. The highest BCUT2D eigenvalue weighted by Crippen LogP contribution is 2.08.